The molecule has 1 amide bonds. The topological polar surface area (TPSA) is 49.6 Å². The van der Waals surface area contributed by atoms with Crippen LogP contribution in [0.2, 0.25) is 0 Å². The summed E-state index contributed by atoms with van der Waals surface area (Å²) in [5.74, 6) is 0.870. The Labute approximate surface area is 142 Å². The Morgan fingerprint density at radius 1 is 1.18 bits per heavy atom. The van der Waals surface area contributed by atoms with Crippen molar-refractivity contribution >= 4 is 18.3 Å². The average Bonchev–Trinajstić information content (AvgIpc) is 2.98. The Balaban J connectivity index is 0.00000242. The van der Waals surface area contributed by atoms with E-state index in [1.165, 1.54) is 32.1 Å². The number of nitrogens with zero attached hydrogens (tertiary/aromatic N) is 2. The van der Waals surface area contributed by atoms with Crippen molar-refractivity contribution in [3.05, 3.63) is 0 Å². The van der Waals surface area contributed by atoms with Gasteiger partial charge >= 0.3 is 0 Å². The van der Waals surface area contributed by atoms with Crippen LogP contribution >= 0.6 is 12.4 Å². The summed E-state index contributed by atoms with van der Waals surface area (Å²) in [7, 11) is 0. The molecular formula is C17H34ClN3O. The Bertz CT molecular complexity index is 330. The van der Waals surface area contributed by atoms with Gasteiger partial charge < -0.3 is 10.6 Å². The summed E-state index contributed by atoms with van der Waals surface area (Å²) in [6, 6.07) is 0.259. The summed E-state index contributed by atoms with van der Waals surface area (Å²) in [5, 5.41) is 0. The van der Waals surface area contributed by atoms with Crippen molar-refractivity contribution in [2.75, 3.05) is 26.2 Å². The molecule has 2 N–H and O–H groups in total. The zero-order valence-electron chi connectivity index (χ0n) is 14.3. The monoisotopic (exact) mass is 331 g/mol. The van der Waals surface area contributed by atoms with Crippen molar-refractivity contribution in [1.82, 2.24) is 9.80 Å². The standard InChI is InChI=1S/C17H33N3O.ClH/c1-3-19(4-2)15-10-11-20(13-15)17(21)16(18)12-14-8-6-5-7-9-14;/h14-16H,3-13,18H2,1-2H3;1H. The Morgan fingerprint density at radius 2 is 1.82 bits per heavy atom. The third-order valence-electron chi connectivity index (χ3n) is 5.43. The van der Waals surface area contributed by atoms with Gasteiger partial charge in [-0.2, -0.15) is 0 Å². The quantitative estimate of drug-likeness (QED) is 0.814. The van der Waals surface area contributed by atoms with E-state index in [9.17, 15) is 4.79 Å². The highest BCUT2D eigenvalue weighted by Crippen LogP contribution is 2.27. The van der Waals surface area contributed by atoms with Crippen LogP contribution in [0.25, 0.3) is 0 Å². The van der Waals surface area contributed by atoms with Gasteiger partial charge in [-0.1, -0.05) is 46.0 Å². The number of likely N-dealkylation sites (N-methyl/N-ethyl adjacent to an activating group) is 1. The van der Waals surface area contributed by atoms with Gasteiger partial charge in [0.05, 0.1) is 6.04 Å². The molecule has 1 saturated carbocycles. The maximum atomic E-state index is 12.5. The molecule has 1 saturated heterocycles. The number of likely N-dealkylation sites (tertiary alicyclic amines) is 1. The molecule has 1 aliphatic carbocycles. The van der Waals surface area contributed by atoms with Crippen molar-refractivity contribution in [1.29, 1.82) is 0 Å². The molecule has 0 aromatic heterocycles. The van der Waals surface area contributed by atoms with Crippen molar-refractivity contribution in [3.8, 4) is 0 Å². The number of hydrogen-bond donors (Lipinski definition) is 1. The van der Waals surface area contributed by atoms with Gasteiger partial charge in [0, 0.05) is 19.1 Å². The van der Waals surface area contributed by atoms with Crippen LogP contribution in [0.5, 0.6) is 0 Å². The summed E-state index contributed by atoms with van der Waals surface area (Å²) in [5.41, 5.74) is 6.21. The van der Waals surface area contributed by atoms with Gasteiger partial charge in [0.25, 0.3) is 0 Å². The highest BCUT2D eigenvalue weighted by molar-refractivity contribution is 5.85. The van der Waals surface area contributed by atoms with Crippen LogP contribution in [0, 0.1) is 5.92 Å². The Kier molecular flexibility index (Phi) is 8.73. The van der Waals surface area contributed by atoms with E-state index in [2.05, 4.69) is 18.7 Å². The predicted octanol–water partition coefficient (Wildman–Crippen LogP) is 2.65. The summed E-state index contributed by atoms with van der Waals surface area (Å²) < 4.78 is 0. The number of carbonyl (C=O) groups is 1. The Hall–Kier alpha value is -0.320. The minimum atomic E-state index is -0.274. The summed E-state index contributed by atoms with van der Waals surface area (Å²) in [4.78, 5) is 17.0. The second-order valence-corrected chi connectivity index (χ2v) is 6.79. The van der Waals surface area contributed by atoms with Gasteiger partial charge in [-0.15, -0.1) is 12.4 Å². The molecule has 2 unspecified atom stereocenters. The Morgan fingerprint density at radius 3 is 2.41 bits per heavy atom. The van der Waals surface area contributed by atoms with Crippen LogP contribution in [0.4, 0.5) is 0 Å². The molecule has 2 rings (SSSR count). The first-order valence-electron chi connectivity index (χ1n) is 8.94. The van der Waals surface area contributed by atoms with Gasteiger partial charge in [0.15, 0.2) is 0 Å². The minimum absolute atomic E-state index is 0. The number of hydrogen-bond acceptors (Lipinski definition) is 3. The molecule has 1 heterocycles. The first-order chi connectivity index (χ1) is 10.2. The highest BCUT2D eigenvalue weighted by Gasteiger charge is 2.32. The van der Waals surface area contributed by atoms with Crippen LogP contribution in [0.15, 0.2) is 0 Å². The van der Waals surface area contributed by atoms with Crippen LogP contribution in [0.1, 0.15) is 58.8 Å². The molecule has 130 valence electrons. The van der Waals surface area contributed by atoms with E-state index in [1.54, 1.807) is 0 Å². The smallest absolute Gasteiger partial charge is 0.239 e. The molecular weight excluding hydrogens is 298 g/mol. The molecule has 0 spiro atoms. The van der Waals surface area contributed by atoms with Crippen LogP contribution in [-0.4, -0.2) is 54.0 Å². The minimum Gasteiger partial charge on any atom is -0.340 e. The first kappa shape index (κ1) is 19.7. The molecule has 1 aliphatic heterocycles. The lowest BCUT2D eigenvalue weighted by Gasteiger charge is -2.28. The molecule has 0 bridgehead atoms. The van der Waals surface area contributed by atoms with Crippen molar-refractivity contribution in [2.24, 2.45) is 11.7 Å². The van der Waals surface area contributed by atoms with E-state index in [1.807, 2.05) is 4.90 Å². The lowest BCUT2D eigenvalue weighted by molar-refractivity contribution is -0.132. The zero-order chi connectivity index (χ0) is 15.2. The van der Waals surface area contributed by atoms with Crippen LogP contribution in [0.3, 0.4) is 0 Å². The van der Waals surface area contributed by atoms with Crippen LogP contribution < -0.4 is 5.73 Å². The lowest BCUT2D eigenvalue weighted by atomic mass is 9.85. The molecule has 0 aromatic rings. The molecule has 0 radical (unpaired) electrons. The molecule has 5 heteroatoms. The van der Waals surface area contributed by atoms with Gasteiger partial charge in [-0.3, -0.25) is 9.69 Å². The SMILES string of the molecule is CCN(CC)C1CCN(C(=O)C(N)CC2CCCCC2)C1.Cl. The second-order valence-electron chi connectivity index (χ2n) is 6.79. The van der Waals surface area contributed by atoms with Gasteiger partial charge in [0.2, 0.25) is 5.91 Å². The number of rotatable bonds is 6. The molecule has 4 nitrogen and oxygen atoms in total. The molecule has 2 atom stereocenters. The zero-order valence-corrected chi connectivity index (χ0v) is 15.1. The van der Waals surface area contributed by atoms with E-state index in [-0.39, 0.29) is 24.4 Å². The average molecular weight is 332 g/mol. The molecule has 2 fully saturated rings. The van der Waals surface area contributed by atoms with E-state index in [4.69, 9.17) is 5.73 Å². The fourth-order valence-electron chi connectivity index (χ4n) is 4.10. The van der Waals surface area contributed by atoms with Crippen molar-refractivity contribution in [2.45, 2.75) is 70.9 Å². The van der Waals surface area contributed by atoms with E-state index >= 15 is 0 Å². The van der Waals surface area contributed by atoms with E-state index < -0.39 is 0 Å². The molecule has 2 aliphatic rings. The van der Waals surface area contributed by atoms with Gasteiger partial charge in [0.1, 0.15) is 0 Å². The van der Waals surface area contributed by atoms with Crippen molar-refractivity contribution < 1.29 is 4.79 Å². The number of halogens is 1. The van der Waals surface area contributed by atoms with Crippen LogP contribution in [-0.2, 0) is 4.79 Å². The summed E-state index contributed by atoms with van der Waals surface area (Å²) in [6.07, 6.45) is 8.52. The molecule has 22 heavy (non-hydrogen) atoms. The molecule has 0 aromatic carbocycles. The van der Waals surface area contributed by atoms with E-state index in [0.717, 1.165) is 39.0 Å². The first-order valence-corrected chi connectivity index (χ1v) is 8.94. The number of carbonyl (C=O) groups excluding carboxylic acids is 1. The highest BCUT2D eigenvalue weighted by atomic mass is 35.5. The fraction of sp³-hybridized carbons (Fsp3) is 0.941. The normalized spacial score (nSPS) is 24.4. The summed E-state index contributed by atoms with van der Waals surface area (Å²) in [6.45, 7) is 8.29. The maximum Gasteiger partial charge on any atom is 0.239 e. The fourth-order valence-corrected chi connectivity index (χ4v) is 4.10. The van der Waals surface area contributed by atoms with Crippen molar-refractivity contribution in [3.63, 3.8) is 0 Å². The second kappa shape index (κ2) is 9.74. The largest absolute Gasteiger partial charge is 0.340 e. The third kappa shape index (κ3) is 5.10. The number of nitrogens with two attached hydrogens (primary N) is 1. The van der Waals surface area contributed by atoms with Gasteiger partial charge in [-0.05, 0) is 31.8 Å². The summed E-state index contributed by atoms with van der Waals surface area (Å²) >= 11 is 0. The maximum absolute atomic E-state index is 12.5. The predicted molar refractivity (Wildman–Crippen MR) is 94.3 cm³/mol. The lowest BCUT2D eigenvalue weighted by Crippen LogP contribution is -2.45. The van der Waals surface area contributed by atoms with E-state index in [0.29, 0.717) is 12.0 Å². The third-order valence-corrected chi connectivity index (χ3v) is 5.43. The number of amides is 1. The van der Waals surface area contributed by atoms with Gasteiger partial charge in [-0.25, -0.2) is 0 Å².